The lowest BCUT2D eigenvalue weighted by Gasteiger charge is -2.29. The highest BCUT2D eigenvalue weighted by atomic mass is 35.5. The minimum Gasteiger partial charge on any atom is -0.497 e. The van der Waals surface area contributed by atoms with Crippen LogP contribution in [0.2, 0.25) is 5.02 Å². The smallest absolute Gasteiger partial charge is 0.266 e. The predicted octanol–water partition coefficient (Wildman–Crippen LogP) is 4.41. The summed E-state index contributed by atoms with van der Waals surface area (Å²) in [5, 5.41) is 2.15. The van der Waals surface area contributed by atoms with Crippen molar-refractivity contribution in [3.63, 3.8) is 0 Å². The molecule has 3 aromatic carbocycles. The summed E-state index contributed by atoms with van der Waals surface area (Å²) in [7, 11) is 3.13. The molecule has 0 unspecified atom stereocenters. The molecule has 7 nitrogen and oxygen atoms in total. The molecule has 2 aliphatic heterocycles. The van der Waals surface area contributed by atoms with Gasteiger partial charge in [0.1, 0.15) is 17.4 Å². The second-order valence-electron chi connectivity index (χ2n) is 7.75. The Morgan fingerprint density at radius 2 is 1.58 bits per heavy atom. The number of benzene rings is 3. The number of methoxy groups -OCH3 is 2. The zero-order chi connectivity index (χ0) is 23.1. The number of halogens is 1. The molecule has 8 heteroatoms. The van der Waals surface area contributed by atoms with Crippen molar-refractivity contribution in [2.45, 2.75) is 12.1 Å². The van der Waals surface area contributed by atoms with Gasteiger partial charge in [-0.15, -0.1) is 0 Å². The summed E-state index contributed by atoms with van der Waals surface area (Å²) in [5.74, 6) is -0.365. The lowest BCUT2D eigenvalue weighted by atomic mass is 9.90. The molecule has 2 aliphatic rings. The lowest BCUT2D eigenvalue weighted by molar-refractivity contribution is -0.126. The van der Waals surface area contributed by atoms with Crippen molar-refractivity contribution in [2.24, 2.45) is 5.92 Å². The molecule has 0 aliphatic carbocycles. The summed E-state index contributed by atoms with van der Waals surface area (Å²) >= 11 is 5.99. The Kier molecular flexibility index (Phi) is 5.44. The van der Waals surface area contributed by atoms with Gasteiger partial charge in [-0.3, -0.25) is 14.4 Å². The van der Waals surface area contributed by atoms with Gasteiger partial charge in [0.15, 0.2) is 6.10 Å². The SMILES string of the molecule is COc1ccc([C@@H]2[C@@H]3C(=O)N(c4ccc(Cl)cc4)C(=O)[C@@H]3ON2c2ccccc2)c(OC)c1. The van der Waals surface area contributed by atoms with Crippen LogP contribution in [-0.2, 0) is 14.4 Å². The molecule has 0 bridgehead atoms. The first-order chi connectivity index (χ1) is 16.0. The number of nitrogens with zero attached hydrogens (tertiary/aromatic N) is 2. The third kappa shape index (κ3) is 3.50. The largest absolute Gasteiger partial charge is 0.497 e. The molecule has 3 atom stereocenters. The van der Waals surface area contributed by atoms with Gasteiger partial charge in [-0.1, -0.05) is 29.8 Å². The monoisotopic (exact) mass is 464 g/mol. The van der Waals surface area contributed by atoms with E-state index in [1.54, 1.807) is 55.7 Å². The second kappa shape index (κ2) is 8.42. The Balaban J connectivity index is 1.62. The number of rotatable bonds is 5. The highest BCUT2D eigenvalue weighted by Gasteiger charge is 2.60. The minimum absolute atomic E-state index is 0.339. The second-order valence-corrected chi connectivity index (χ2v) is 8.19. The molecule has 0 spiro atoms. The van der Waals surface area contributed by atoms with E-state index in [9.17, 15) is 9.59 Å². The van der Waals surface area contributed by atoms with Crippen LogP contribution in [0.5, 0.6) is 11.5 Å². The van der Waals surface area contributed by atoms with E-state index < -0.39 is 24.0 Å². The van der Waals surface area contributed by atoms with Gasteiger partial charge in [0.25, 0.3) is 5.91 Å². The number of ether oxygens (including phenoxy) is 2. The molecule has 168 valence electrons. The fraction of sp³-hybridized carbons (Fsp3) is 0.200. The minimum atomic E-state index is -0.967. The Labute approximate surface area is 196 Å². The van der Waals surface area contributed by atoms with Crippen molar-refractivity contribution < 1.29 is 23.9 Å². The first kappa shape index (κ1) is 21.3. The highest BCUT2D eigenvalue weighted by molar-refractivity contribution is 6.31. The molecule has 2 amide bonds. The average Bonchev–Trinajstić information content (AvgIpc) is 3.35. The maximum absolute atomic E-state index is 13.7. The van der Waals surface area contributed by atoms with Crippen molar-refractivity contribution in [3.8, 4) is 11.5 Å². The van der Waals surface area contributed by atoms with Gasteiger partial charge in [-0.05, 0) is 48.5 Å². The molecule has 5 rings (SSSR count). The lowest BCUT2D eigenvalue weighted by Crippen LogP contribution is -2.37. The summed E-state index contributed by atoms with van der Waals surface area (Å²) in [6.45, 7) is 0. The van der Waals surface area contributed by atoms with Gasteiger partial charge < -0.3 is 9.47 Å². The zero-order valence-corrected chi connectivity index (χ0v) is 18.7. The van der Waals surface area contributed by atoms with E-state index in [0.29, 0.717) is 27.8 Å². The van der Waals surface area contributed by atoms with Gasteiger partial charge in [-0.2, -0.15) is 0 Å². The summed E-state index contributed by atoms with van der Waals surface area (Å²) < 4.78 is 11.0. The van der Waals surface area contributed by atoms with E-state index in [-0.39, 0.29) is 5.91 Å². The number of carbonyl (C=O) groups is 2. The molecular weight excluding hydrogens is 444 g/mol. The number of hydroxylamine groups is 1. The van der Waals surface area contributed by atoms with E-state index in [4.69, 9.17) is 25.9 Å². The predicted molar refractivity (Wildman–Crippen MR) is 124 cm³/mol. The Bertz CT molecular complexity index is 1200. The topological polar surface area (TPSA) is 68.3 Å². The number of para-hydroxylation sites is 1. The number of carbonyl (C=O) groups excluding carboxylic acids is 2. The van der Waals surface area contributed by atoms with Gasteiger partial charge in [0.2, 0.25) is 5.91 Å². The Morgan fingerprint density at radius 3 is 2.24 bits per heavy atom. The molecule has 0 aromatic heterocycles. The fourth-order valence-corrected chi connectivity index (χ4v) is 4.56. The van der Waals surface area contributed by atoms with E-state index >= 15 is 0 Å². The summed E-state index contributed by atoms with van der Waals surface area (Å²) in [6.07, 6.45) is -0.967. The first-order valence-electron chi connectivity index (χ1n) is 10.4. The van der Waals surface area contributed by atoms with Crippen LogP contribution in [0.3, 0.4) is 0 Å². The van der Waals surface area contributed by atoms with Gasteiger partial charge in [0, 0.05) is 16.7 Å². The van der Waals surface area contributed by atoms with Crippen LogP contribution < -0.4 is 19.4 Å². The number of fused-ring (bicyclic) bond motifs is 1. The van der Waals surface area contributed by atoms with Crippen LogP contribution in [0.25, 0.3) is 0 Å². The molecule has 0 saturated carbocycles. The maximum Gasteiger partial charge on any atom is 0.266 e. The molecule has 2 saturated heterocycles. The number of hydrogen-bond donors (Lipinski definition) is 0. The molecule has 2 fully saturated rings. The van der Waals surface area contributed by atoms with Crippen molar-refractivity contribution in [1.82, 2.24) is 0 Å². The van der Waals surface area contributed by atoms with E-state index in [1.165, 1.54) is 4.90 Å². The van der Waals surface area contributed by atoms with Gasteiger partial charge in [-0.25, -0.2) is 9.96 Å². The Hall–Kier alpha value is -3.55. The fourth-order valence-electron chi connectivity index (χ4n) is 4.44. The molecular formula is C25H21ClN2O5. The van der Waals surface area contributed by atoms with Gasteiger partial charge in [0.05, 0.1) is 31.6 Å². The van der Waals surface area contributed by atoms with Crippen LogP contribution in [-0.4, -0.2) is 32.1 Å². The average molecular weight is 465 g/mol. The van der Waals surface area contributed by atoms with E-state index in [0.717, 1.165) is 5.69 Å². The third-order valence-electron chi connectivity index (χ3n) is 5.97. The first-order valence-corrected chi connectivity index (χ1v) is 10.8. The third-order valence-corrected chi connectivity index (χ3v) is 6.22. The van der Waals surface area contributed by atoms with Crippen LogP contribution in [0.4, 0.5) is 11.4 Å². The van der Waals surface area contributed by atoms with Gasteiger partial charge >= 0.3 is 0 Å². The van der Waals surface area contributed by atoms with Crippen molar-refractivity contribution >= 4 is 34.8 Å². The summed E-state index contributed by atoms with van der Waals surface area (Å²) in [5.41, 5.74) is 1.90. The van der Waals surface area contributed by atoms with E-state index in [1.807, 2.05) is 36.4 Å². The number of imide groups is 1. The highest BCUT2D eigenvalue weighted by Crippen LogP contribution is 2.50. The van der Waals surface area contributed by atoms with Crippen LogP contribution in [0.1, 0.15) is 11.6 Å². The quantitative estimate of drug-likeness (QED) is 0.521. The zero-order valence-electron chi connectivity index (χ0n) is 18.0. The van der Waals surface area contributed by atoms with Crippen molar-refractivity contribution in [3.05, 3.63) is 83.4 Å². The van der Waals surface area contributed by atoms with Crippen molar-refractivity contribution in [2.75, 3.05) is 24.2 Å². The van der Waals surface area contributed by atoms with Crippen molar-refractivity contribution in [1.29, 1.82) is 0 Å². The standard InChI is InChI=1S/C25H21ClN2O5/c1-31-18-12-13-19(20(14-18)32-2)22-21-23(33-28(22)17-6-4-3-5-7-17)25(30)27(24(21)29)16-10-8-15(26)9-11-16/h3-14,21-23H,1-2H3/t21-,22+,23+/m0/s1. The summed E-state index contributed by atoms with van der Waals surface area (Å²) in [6, 6.07) is 20.8. The Morgan fingerprint density at radius 1 is 0.848 bits per heavy atom. The number of hydrogen-bond acceptors (Lipinski definition) is 6. The van der Waals surface area contributed by atoms with Crippen LogP contribution in [0.15, 0.2) is 72.8 Å². The summed E-state index contributed by atoms with van der Waals surface area (Å²) in [4.78, 5) is 34.4. The normalized spacial score (nSPS) is 22.0. The maximum atomic E-state index is 13.7. The molecule has 2 heterocycles. The molecule has 3 aromatic rings. The number of amides is 2. The molecule has 0 radical (unpaired) electrons. The molecule has 33 heavy (non-hydrogen) atoms. The van der Waals surface area contributed by atoms with E-state index in [2.05, 4.69) is 0 Å². The van der Waals surface area contributed by atoms with Crippen LogP contribution in [0, 0.1) is 5.92 Å². The van der Waals surface area contributed by atoms with Crippen LogP contribution >= 0.6 is 11.6 Å². The number of anilines is 2. The molecule has 0 N–H and O–H groups in total.